The Morgan fingerprint density at radius 1 is 1.11 bits per heavy atom. The van der Waals surface area contributed by atoms with Crippen molar-refractivity contribution in [2.24, 2.45) is 11.8 Å². The molecule has 0 saturated heterocycles. The molecule has 18 heavy (non-hydrogen) atoms. The molecular formula is C15H31NO2. The first kappa shape index (κ1) is 15.9. The summed E-state index contributed by atoms with van der Waals surface area (Å²) in [7, 11) is 0. The quantitative estimate of drug-likeness (QED) is 0.677. The molecule has 1 aliphatic carbocycles. The van der Waals surface area contributed by atoms with E-state index in [1.165, 1.54) is 25.7 Å². The summed E-state index contributed by atoms with van der Waals surface area (Å²) in [5, 5.41) is 3.63. The van der Waals surface area contributed by atoms with Gasteiger partial charge in [-0.1, -0.05) is 26.7 Å². The second-order valence-corrected chi connectivity index (χ2v) is 5.62. The van der Waals surface area contributed by atoms with Crippen LogP contribution in [0.15, 0.2) is 0 Å². The molecule has 1 N–H and O–H groups in total. The highest BCUT2D eigenvalue weighted by Gasteiger charge is 2.24. The largest absolute Gasteiger partial charge is 0.352 e. The predicted molar refractivity (Wildman–Crippen MR) is 75.6 cm³/mol. The van der Waals surface area contributed by atoms with E-state index in [9.17, 15) is 0 Å². The van der Waals surface area contributed by atoms with E-state index in [0.29, 0.717) is 19.3 Å². The van der Waals surface area contributed by atoms with Gasteiger partial charge in [-0.3, -0.25) is 0 Å². The first-order valence-corrected chi connectivity index (χ1v) is 7.63. The fourth-order valence-electron chi connectivity index (χ4n) is 2.82. The van der Waals surface area contributed by atoms with Gasteiger partial charge in [-0.2, -0.15) is 0 Å². The minimum atomic E-state index is -0.0839. The zero-order valence-corrected chi connectivity index (χ0v) is 12.6. The molecule has 1 rings (SSSR count). The SMILES string of the molecule is CCOC(CNC1CCCC(C(C)C)C1)OCC. The summed E-state index contributed by atoms with van der Waals surface area (Å²) in [6.45, 7) is 11.0. The molecule has 2 atom stereocenters. The van der Waals surface area contributed by atoms with Gasteiger partial charge < -0.3 is 14.8 Å². The number of rotatable bonds is 8. The Morgan fingerprint density at radius 3 is 2.33 bits per heavy atom. The summed E-state index contributed by atoms with van der Waals surface area (Å²) >= 11 is 0. The standard InChI is InChI=1S/C15H31NO2/c1-5-17-15(18-6-2)11-16-14-9-7-8-13(10-14)12(3)4/h12-16H,5-11H2,1-4H3. The smallest absolute Gasteiger partial charge is 0.169 e. The zero-order valence-electron chi connectivity index (χ0n) is 12.6. The van der Waals surface area contributed by atoms with Crippen LogP contribution >= 0.6 is 0 Å². The van der Waals surface area contributed by atoms with E-state index < -0.39 is 0 Å². The molecule has 0 heterocycles. The van der Waals surface area contributed by atoms with Crippen molar-refractivity contribution in [2.45, 2.75) is 65.7 Å². The highest BCUT2D eigenvalue weighted by molar-refractivity contribution is 4.79. The average molecular weight is 257 g/mol. The molecule has 3 heteroatoms. The van der Waals surface area contributed by atoms with Crippen LogP contribution < -0.4 is 5.32 Å². The van der Waals surface area contributed by atoms with Crippen LogP contribution in [-0.4, -0.2) is 32.1 Å². The molecule has 0 spiro atoms. The summed E-state index contributed by atoms with van der Waals surface area (Å²) in [5.41, 5.74) is 0. The first-order chi connectivity index (χ1) is 8.67. The van der Waals surface area contributed by atoms with Gasteiger partial charge in [0.1, 0.15) is 0 Å². The second kappa shape index (κ2) is 8.89. The lowest BCUT2D eigenvalue weighted by Gasteiger charge is -2.33. The minimum absolute atomic E-state index is 0.0839. The van der Waals surface area contributed by atoms with E-state index in [2.05, 4.69) is 19.2 Å². The van der Waals surface area contributed by atoms with Gasteiger partial charge in [0.15, 0.2) is 6.29 Å². The summed E-state index contributed by atoms with van der Waals surface area (Å²) in [6.07, 6.45) is 5.28. The van der Waals surface area contributed by atoms with Crippen LogP contribution in [0, 0.1) is 11.8 Å². The number of hydrogen-bond donors (Lipinski definition) is 1. The number of ether oxygens (including phenoxy) is 2. The predicted octanol–water partition coefficient (Wildman–Crippen LogP) is 3.19. The Kier molecular flexibility index (Phi) is 7.87. The molecule has 1 aliphatic rings. The van der Waals surface area contributed by atoms with Gasteiger partial charge in [0.05, 0.1) is 0 Å². The second-order valence-electron chi connectivity index (χ2n) is 5.62. The van der Waals surface area contributed by atoms with Crippen molar-refractivity contribution < 1.29 is 9.47 Å². The van der Waals surface area contributed by atoms with Crippen molar-refractivity contribution in [2.75, 3.05) is 19.8 Å². The van der Waals surface area contributed by atoms with E-state index in [0.717, 1.165) is 18.4 Å². The fraction of sp³-hybridized carbons (Fsp3) is 1.00. The molecule has 2 unspecified atom stereocenters. The lowest BCUT2D eigenvalue weighted by Crippen LogP contribution is -2.41. The van der Waals surface area contributed by atoms with E-state index >= 15 is 0 Å². The highest BCUT2D eigenvalue weighted by atomic mass is 16.7. The van der Waals surface area contributed by atoms with Gasteiger partial charge in [-0.15, -0.1) is 0 Å². The lowest BCUT2D eigenvalue weighted by molar-refractivity contribution is -0.134. The van der Waals surface area contributed by atoms with Crippen LogP contribution in [0.2, 0.25) is 0 Å². The summed E-state index contributed by atoms with van der Waals surface area (Å²) in [5.74, 6) is 1.69. The normalized spacial score (nSPS) is 25.0. The maximum absolute atomic E-state index is 5.56. The molecule has 0 aromatic rings. The number of hydrogen-bond acceptors (Lipinski definition) is 3. The summed E-state index contributed by atoms with van der Waals surface area (Å²) in [6, 6.07) is 0.648. The van der Waals surface area contributed by atoms with E-state index in [4.69, 9.17) is 9.47 Å². The van der Waals surface area contributed by atoms with Crippen LogP contribution in [0.4, 0.5) is 0 Å². The molecule has 1 fully saturated rings. The fourth-order valence-corrected chi connectivity index (χ4v) is 2.82. The van der Waals surface area contributed by atoms with Crippen LogP contribution in [-0.2, 0) is 9.47 Å². The number of nitrogens with one attached hydrogen (secondary N) is 1. The van der Waals surface area contributed by atoms with Crippen LogP contribution in [0.1, 0.15) is 53.4 Å². The van der Waals surface area contributed by atoms with Crippen LogP contribution in [0.5, 0.6) is 0 Å². The molecule has 3 nitrogen and oxygen atoms in total. The van der Waals surface area contributed by atoms with Crippen molar-refractivity contribution in [1.82, 2.24) is 5.32 Å². The average Bonchev–Trinajstić information content (AvgIpc) is 2.37. The molecule has 0 amide bonds. The molecular weight excluding hydrogens is 226 g/mol. The van der Waals surface area contributed by atoms with Crippen LogP contribution in [0.25, 0.3) is 0 Å². The van der Waals surface area contributed by atoms with Crippen molar-refractivity contribution in [1.29, 1.82) is 0 Å². The molecule has 108 valence electrons. The van der Waals surface area contributed by atoms with Crippen molar-refractivity contribution >= 4 is 0 Å². The minimum Gasteiger partial charge on any atom is -0.352 e. The summed E-state index contributed by atoms with van der Waals surface area (Å²) < 4.78 is 11.1. The van der Waals surface area contributed by atoms with Crippen LogP contribution in [0.3, 0.4) is 0 Å². The van der Waals surface area contributed by atoms with Gasteiger partial charge in [0, 0.05) is 25.8 Å². The molecule has 0 aromatic heterocycles. The Morgan fingerprint density at radius 2 is 1.78 bits per heavy atom. The third-order valence-corrected chi connectivity index (χ3v) is 3.94. The van der Waals surface area contributed by atoms with Gasteiger partial charge in [0.25, 0.3) is 0 Å². The van der Waals surface area contributed by atoms with Gasteiger partial charge in [-0.25, -0.2) is 0 Å². The van der Waals surface area contributed by atoms with Gasteiger partial charge in [-0.05, 0) is 38.5 Å². The molecule has 1 saturated carbocycles. The van der Waals surface area contributed by atoms with Crippen molar-refractivity contribution in [3.05, 3.63) is 0 Å². The zero-order chi connectivity index (χ0) is 13.4. The third kappa shape index (κ3) is 5.68. The van der Waals surface area contributed by atoms with E-state index in [-0.39, 0.29) is 6.29 Å². The topological polar surface area (TPSA) is 30.5 Å². The van der Waals surface area contributed by atoms with E-state index in [1.54, 1.807) is 0 Å². The molecule has 0 bridgehead atoms. The first-order valence-electron chi connectivity index (χ1n) is 7.63. The highest BCUT2D eigenvalue weighted by Crippen LogP contribution is 2.29. The lowest BCUT2D eigenvalue weighted by atomic mass is 9.79. The summed E-state index contributed by atoms with van der Waals surface area (Å²) in [4.78, 5) is 0. The Balaban J connectivity index is 2.28. The Labute approximate surface area is 113 Å². The van der Waals surface area contributed by atoms with Crippen molar-refractivity contribution in [3.63, 3.8) is 0 Å². The maximum atomic E-state index is 5.56. The maximum Gasteiger partial charge on any atom is 0.169 e. The van der Waals surface area contributed by atoms with Gasteiger partial charge >= 0.3 is 0 Å². The third-order valence-electron chi connectivity index (χ3n) is 3.94. The van der Waals surface area contributed by atoms with E-state index in [1.807, 2.05) is 13.8 Å². The van der Waals surface area contributed by atoms with Crippen molar-refractivity contribution in [3.8, 4) is 0 Å². The Hall–Kier alpha value is -0.120. The van der Waals surface area contributed by atoms with Gasteiger partial charge in [0.2, 0.25) is 0 Å². The monoisotopic (exact) mass is 257 g/mol. The molecule has 0 radical (unpaired) electrons. The molecule has 0 aromatic carbocycles. The Bertz CT molecular complexity index is 203. The molecule has 0 aliphatic heterocycles.